The molecule has 0 spiro atoms. The van der Waals surface area contributed by atoms with Crippen LogP contribution in [0.15, 0.2) is 41.3 Å². The molecule has 5 nitrogen and oxygen atoms in total. The fourth-order valence-electron chi connectivity index (χ4n) is 4.86. The van der Waals surface area contributed by atoms with E-state index in [-0.39, 0.29) is 28.9 Å². The van der Waals surface area contributed by atoms with Crippen LogP contribution in [0.2, 0.25) is 10.0 Å². The average Bonchev–Trinajstić information content (AvgIpc) is 3.32. The summed E-state index contributed by atoms with van der Waals surface area (Å²) >= 11 is 12.8. The van der Waals surface area contributed by atoms with Crippen molar-refractivity contribution in [3.8, 4) is 5.75 Å². The highest BCUT2D eigenvalue weighted by Crippen LogP contribution is 2.47. The molecule has 0 aromatic heterocycles. The van der Waals surface area contributed by atoms with Crippen molar-refractivity contribution in [3.63, 3.8) is 0 Å². The number of rotatable bonds is 6. The summed E-state index contributed by atoms with van der Waals surface area (Å²) < 4.78 is 43.3. The first kappa shape index (κ1) is 22.8. The van der Waals surface area contributed by atoms with Gasteiger partial charge in [-0.15, -0.1) is 0 Å². The lowest BCUT2D eigenvalue weighted by Crippen LogP contribution is -2.46. The first-order valence-electron chi connectivity index (χ1n) is 10.2. The molecule has 1 saturated heterocycles. The Labute approximate surface area is 192 Å². The summed E-state index contributed by atoms with van der Waals surface area (Å²) in [6, 6.07) is 9.33. The lowest BCUT2D eigenvalue weighted by molar-refractivity contribution is 0.107. The highest BCUT2D eigenvalue weighted by Gasteiger charge is 2.46. The van der Waals surface area contributed by atoms with Gasteiger partial charge < -0.3 is 15.8 Å². The van der Waals surface area contributed by atoms with Gasteiger partial charge in [-0.3, -0.25) is 0 Å². The van der Waals surface area contributed by atoms with Crippen LogP contribution in [0.25, 0.3) is 0 Å². The Kier molecular flexibility index (Phi) is 6.52. The van der Waals surface area contributed by atoms with E-state index >= 15 is 0 Å². The summed E-state index contributed by atoms with van der Waals surface area (Å²) in [6.45, 7) is 0.188. The van der Waals surface area contributed by atoms with Gasteiger partial charge in [0.25, 0.3) is 0 Å². The van der Waals surface area contributed by atoms with Gasteiger partial charge >= 0.3 is 0 Å². The number of nitrogens with two attached hydrogens (primary N) is 1. The van der Waals surface area contributed by atoms with Crippen LogP contribution in [-0.4, -0.2) is 40.0 Å². The zero-order valence-corrected chi connectivity index (χ0v) is 19.4. The predicted octanol–water partition coefficient (Wildman–Crippen LogP) is 3.96. The van der Waals surface area contributed by atoms with E-state index in [0.29, 0.717) is 22.2 Å². The van der Waals surface area contributed by atoms with Crippen molar-refractivity contribution in [2.75, 3.05) is 19.5 Å². The molecule has 168 valence electrons. The van der Waals surface area contributed by atoms with Gasteiger partial charge in [-0.25, -0.2) is 12.8 Å². The smallest absolute Gasteiger partial charge is 0.175 e. The molecule has 1 heterocycles. The highest BCUT2D eigenvalue weighted by molar-refractivity contribution is 7.90. The van der Waals surface area contributed by atoms with Crippen molar-refractivity contribution < 1.29 is 17.5 Å². The SMILES string of the molecule is CS(=O)(=O)c1ccc(O[C@@H]2c3cc(Cl)cc(Cl)c3C[C@H]2[C@@H]2NCCC2C(N)CF)cc1. The predicted molar refractivity (Wildman–Crippen MR) is 120 cm³/mol. The molecule has 2 aromatic carbocycles. The van der Waals surface area contributed by atoms with Crippen LogP contribution in [0.4, 0.5) is 4.39 Å². The molecule has 31 heavy (non-hydrogen) atoms. The minimum atomic E-state index is -3.30. The molecular weight excluding hydrogens is 462 g/mol. The standard InChI is InChI=1S/C22H25Cl2FN2O3S/c1-31(28,29)14-4-2-13(3-5-14)30-22-17-8-12(23)9-19(24)16(17)10-18(22)21-15(6-7-27-21)20(26)11-25/h2-5,8-9,15,18,20-22,27H,6-7,10-11,26H2,1H3/t15?,18-,20?,21+,22+/m0/s1. The summed E-state index contributed by atoms with van der Waals surface area (Å²) in [5.74, 6) is 0.499. The molecule has 0 saturated carbocycles. The van der Waals surface area contributed by atoms with E-state index in [2.05, 4.69) is 5.32 Å². The van der Waals surface area contributed by atoms with Crippen molar-refractivity contribution in [1.82, 2.24) is 5.32 Å². The third-order valence-electron chi connectivity index (χ3n) is 6.35. The zero-order chi connectivity index (χ0) is 22.3. The van der Waals surface area contributed by atoms with Crippen LogP contribution in [0.1, 0.15) is 23.7 Å². The molecule has 3 N–H and O–H groups in total. The van der Waals surface area contributed by atoms with E-state index in [4.69, 9.17) is 33.7 Å². The van der Waals surface area contributed by atoms with Gasteiger partial charge in [-0.1, -0.05) is 23.2 Å². The van der Waals surface area contributed by atoms with Crippen molar-refractivity contribution in [2.24, 2.45) is 17.6 Å². The molecule has 0 amide bonds. The molecule has 0 radical (unpaired) electrons. The van der Waals surface area contributed by atoms with E-state index in [0.717, 1.165) is 30.3 Å². The van der Waals surface area contributed by atoms with E-state index in [1.54, 1.807) is 18.2 Å². The van der Waals surface area contributed by atoms with Gasteiger partial charge in [0.15, 0.2) is 9.84 Å². The van der Waals surface area contributed by atoms with Crippen LogP contribution < -0.4 is 15.8 Å². The molecule has 9 heteroatoms. The van der Waals surface area contributed by atoms with Gasteiger partial charge in [0.1, 0.15) is 18.5 Å². The Morgan fingerprint density at radius 2 is 1.97 bits per heavy atom. The van der Waals surface area contributed by atoms with E-state index in [1.165, 1.54) is 12.1 Å². The Morgan fingerprint density at radius 1 is 1.26 bits per heavy atom. The first-order valence-corrected chi connectivity index (χ1v) is 12.8. The van der Waals surface area contributed by atoms with Crippen molar-refractivity contribution in [2.45, 2.75) is 35.9 Å². The highest BCUT2D eigenvalue weighted by atomic mass is 35.5. The van der Waals surface area contributed by atoms with Crippen LogP contribution in [0.5, 0.6) is 5.75 Å². The number of hydrogen-bond acceptors (Lipinski definition) is 5. The zero-order valence-electron chi connectivity index (χ0n) is 17.0. The largest absolute Gasteiger partial charge is 0.485 e. The maximum atomic E-state index is 13.4. The average molecular weight is 487 g/mol. The summed E-state index contributed by atoms with van der Waals surface area (Å²) in [5, 5.41) is 4.59. The second-order valence-corrected chi connectivity index (χ2v) is 11.2. The maximum absolute atomic E-state index is 13.4. The molecule has 5 atom stereocenters. The Hall–Kier alpha value is -1.38. The quantitative estimate of drug-likeness (QED) is 0.645. The lowest BCUT2D eigenvalue weighted by atomic mass is 9.82. The normalized spacial score (nSPS) is 26.6. The minimum Gasteiger partial charge on any atom is -0.485 e. The molecular formula is C22H25Cl2FN2O3S. The number of nitrogens with one attached hydrogen (secondary N) is 1. The van der Waals surface area contributed by atoms with Gasteiger partial charge in [0.05, 0.1) is 4.90 Å². The number of hydrogen-bond donors (Lipinski definition) is 2. The fourth-order valence-corrected chi connectivity index (χ4v) is 6.07. The second kappa shape index (κ2) is 8.87. The van der Waals surface area contributed by atoms with Crippen LogP contribution in [0.3, 0.4) is 0 Å². The van der Waals surface area contributed by atoms with Crippen molar-refractivity contribution in [3.05, 3.63) is 57.6 Å². The Balaban J connectivity index is 1.69. The van der Waals surface area contributed by atoms with E-state index in [9.17, 15) is 12.8 Å². The van der Waals surface area contributed by atoms with Gasteiger partial charge in [0, 0.05) is 34.3 Å². The first-order chi connectivity index (χ1) is 14.7. The third kappa shape index (κ3) is 4.57. The Bertz CT molecular complexity index is 1070. The lowest BCUT2D eigenvalue weighted by Gasteiger charge is -2.32. The third-order valence-corrected chi connectivity index (χ3v) is 8.04. The molecule has 0 bridgehead atoms. The number of sulfone groups is 1. The molecule has 1 aliphatic carbocycles. The van der Waals surface area contributed by atoms with E-state index in [1.807, 2.05) is 6.07 Å². The number of alkyl halides is 1. The van der Waals surface area contributed by atoms with Crippen LogP contribution in [0, 0.1) is 11.8 Å². The maximum Gasteiger partial charge on any atom is 0.175 e. The molecule has 4 rings (SSSR count). The number of benzene rings is 2. The molecule has 1 aliphatic heterocycles. The van der Waals surface area contributed by atoms with Gasteiger partial charge in [-0.2, -0.15) is 0 Å². The monoisotopic (exact) mass is 486 g/mol. The minimum absolute atomic E-state index is 0.0164. The second-order valence-electron chi connectivity index (χ2n) is 8.36. The molecule has 1 fully saturated rings. The van der Waals surface area contributed by atoms with Gasteiger partial charge in [0.2, 0.25) is 0 Å². The summed E-state index contributed by atoms with van der Waals surface area (Å²) in [4.78, 5) is 0.223. The Morgan fingerprint density at radius 3 is 2.61 bits per heavy atom. The van der Waals surface area contributed by atoms with Gasteiger partial charge in [-0.05, 0) is 72.8 Å². The van der Waals surface area contributed by atoms with Crippen molar-refractivity contribution in [1.29, 1.82) is 0 Å². The van der Waals surface area contributed by atoms with Crippen LogP contribution >= 0.6 is 23.2 Å². The summed E-state index contributed by atoms with van der Waals surface area (Å²) in [7, 11) is -3.30. The molecule has 2 unspecified atom stereocenters. The number of fused-ring (bicyclic) bond motifs is 1. The number of halogens is 3. The topological polar surface area (TPSA) is 81.4 Å². The summed E-state index contributed by atoms with van der Waals surface area (Å²) in [5.41, 5.74) is 7.96. The summed E-state index contributed by atoms with van der Waals surface area (Å²) in [6.07, 6.45) is 2.24. The molecule has 2 aromatic rings. The van der Waals surface area contributed by atoms with Crippen LogP contribution in [-0.2, 0) is 16.3 Å². The van der Waals surface area contributed by atoms with E-state index < -0.39 is 22.6 Å². The molecule has 2 aliphatic rings. The number of ether oxygens (including phenoxy) is 1. The fraction of sp³-hybridized carbons (Fsp3) is 0.455. The van der Waals surface area contributed by atoms with Crippen molar-refractivity contribution >= 4 is 33.0 Å².